The number of halogens is 2. The third-order valence-electron chi connectivity index (χ3n) is 6.53. The van der Waals surface area contributed by atoms with E-state index in [1.54, 1.807) is 32.9 Å². The van der Waals surface area contributed by atoms with E-state index < -0.39 is 45.3 Å². The number of sulfonamides is 1. The van der Waals surface area contributed by atoms with Crippen LogP contribution in [0.2, 0.25) is 0 Å². The van der Waals surface area contributed by atoms with Gasteiger partial charge in [-0.1, -0.05) is 19.1 Å². The van der Waals surface area contributed by atoms with Gasteiger partial charge in [-0.05, 0) is 63.1 Å². The van der Waals surface area contributed by atoms with Gasteiger partial charge >= 0.3 is 0 Å². The summed E-state index contributed by atoms with van der Waals surface area (Å²) in [5, 5.41) is 11.1. The van der Waals surface area contributed by atoms with Crippen molar-refractivity contribution in [2.75, 3.05) is 11.4 Å². The molecule has 0 bridgehead atoms. The van der Waals surface area contributed by atoms with E-state index >= 15 is 0 Å². The summed E-state index contributed by atoms with van der Waals surface area (Å²) in [5.41, 5.74) is -0.223. The highest BCUT2D eigenvalue weighted by Gasteiger charge is 2.45. The fourth-order valence-corrected chi connectivity index (χ4v) is 5.54. The normalized spacial score (nSPS) is 18.4. The molecule has 2 atom stereocenters. The number of aryl methyl sites for hydroxylation is 1. The van der Waals surface area contributed by atoms with Gasteiger partial charge in [-0.15, -0.1) is 0 Å². The summed E-state index contributed by atoms with van der Waals surface area (Å²) >= 11 is 0. The first-order chi connectivity index (χ1) is 17.9. The van der Waals surface area contributed by atoms with Crippen LogP contribution in [0.4, 0.5) is 14.5 Å². The number of fused-ring (bicyclic) bond motifs is 1. The molecule has 202 valence electrons. The van der Waals surface area contributed by atoms with Gasteiger partial charge in [0.2, 0.25) is 15.9 Å². The zero-order valence-electron chi connectivity index (χ0n) is 21.4. The van der Waals surface area contributed by atoms with Gasteiger partial charge in [0.15, 0.2) is 0 Å². The first kappa shape index (κ1) is 27.6. The van der Waals surface area contributed by atoms with Crippen molar-refractivity contribution in [2.45, 2.75) is 56.8 Å². The van der Waals surface area contributed by atoms with Crippen molar-refractivity contribution in [2.24, 2.45) is 0 Å². The number of aliphatic hydroxyl groups is 1. The fraction of sp³-hybridized carbons (Fsp3) is 0.333. The number of amides is 1. The number of aliphatic hydroxyl groups excluding tert-OH is 1. The Labute approximate surface area is 220 Å². The molecule has 11 heteroatoms. The Morgan fingerprint density at radius 2 is 1.82 bits per heavy atom. The molecule has 0 saturated heterocycles. The molecule has 0 saturated carbocycles. The smallest absolute Gasteiger partial charge is 0.259 e. The molecule has 38 heavy (non-hydrogen) atoms. The number of carbonyl (C=O) groups excluding carboxylic acids is 1. The van der Waals surface area contributed by atoms with Crippen molar-refractivity contribution in [1.82, 2.24) is 9.71 Å². The predicted octanol–water partition coefficient (Wildman–Crippen LogP) is 4.14. The lowest BCUT2D eigenvalue weighted by Gasteiger charge is -2.41. The minimum absolute atomic E-state index is 0.00123. The van der Waals surface area contributed by atoms with Gasteiger partial charge in [0, 0.05) is 24.4 Å². The molecule has 0 radical (unpaired) electrons. The number of hydrogen-bond donors (Lipinski definition) is 2. The zero-order valence-corrected chi connectivity index (χ0v) is 22.2. The predicted molar refractivity (Wildman–Crippen MR) is 138 cm³/mol. The SMILES string of the molecule is CCc1ccc(S(=O)(=O)N[C@@H]2c3cc(C(=O)N(CC)c4ccc(F)cc4F)cnc3OC(C)(C)[C@H]2O)cc1. The lowest BCUT2D eigenvalue weighted by atomic mass is 9.88. The number of rotatable bonds is 7. The van der Waals surface area contributed by atoms with Gasteiger partial charge in [-0.25, -0.2) is 26.9 Å². The molecule has 0 fully saturated rings. The first-order valence-corrected chi connectivity index (χ1v) is 13.6. The highest BCUT2D eigenvalue weighted by Crippen LogP contribution is 2.40. The Balaban J connectivity index is 1.73. The third kappa shape index (κ3) is 5.27. The van der Waals surface area contributed by atoms with E-state index in [2.05, 4.69) is 9.71 Å². The van der Waals surface area contributed by atoms with Crippen molar-refractivity contribution < 1.29 is 31.8 Å². The van der Waals surface area contributed by atoms with Gasteiger partial charge in [0.25, 0.3) is 5.91 Å². The number of aromatic nitrogens is 1. The van der Waals surface area contributed by atoms with E-state index in [1.165, 1.54) is 24.4 Å². The molecular weight excluding hydrogens is 516 g/mol. The quantitative estimate of drug-likeness (QED) is 0.462. The standard InChI is InChI=1S/C27H29F2N3O5S/c1-5-16-7-10-19(11-8-16)38(35,36)31-23-20-13-17(15-30-25(20)37-27(3,4)24(23)33)26(34)32(6-2)22-12-9-18(28)14-21(22)29/h7-15,23-24,31,33H,5-6H2,1-4H3/t23-,24+/m1/s1. The summed E-state index contributed by atoms with van der Waals surface area (Å²) in [4.78, 5) is 18.7. The van der Waals surface area contributed by atoms with Gasteiger partial charge in [-0.3, -0.25) is 4.79 Å². The fourth-order valence-electron chi connectivity index (χ4n) is 4.32. The second kappa shape index (κ2) is 10.4. The van der Waals surface area contributed by atoms with Crippen LogP contribution in [0.15, 0.2) is 59.6 Å². The van der Waals surface area contributed by atoms with Crippen LogP contribution < -0.4 is 14.4 Å². The lowest BCUT2D eigenvalue weighted by Crippen LogP contribution is -2.53. The zero-order chi connectivity index (χ0) is 27.8. The Bertz CT molecular complexity index is 1460. The number of carbonyl (C=O) groups is 1. The highest BCUT2D eigenvalue weighted by molar-refractivity contribution is 7.89. The average molecular weight is 546 g/mol. The molecule has 8 nitrogen and oxygen atoms in total. The first-order valence-electron chi connectivity index (χ1n) is 12.1. The van der Waals surface area contributed by atoms with E-state index in [4.69, 9.17) is 4.74 Å². The molecule has 1 amide bonds. The molecule has 1 aliphatic heterocycles. The maximum absolute atomic E-state index is 14.5. The topological polar surface area (TPSA) is 109 Å². The lowest BCUT2D eigenvalue weighted by molar-refractivity contribution is -0.0632. The minimum Gasteiger partial charge on any atom is -0.469 e. The van der Waals surface area contributed by atoms with Crippen LogP contribution in [0.25, 0.3) is 0 Å². The molecule has 2 aromatic carbocycles. The Hall–Kier alpha value is -3.41. The summed E-state index contributed by atoms with van der Waals surface area (Å²) in [6.07, 6.45) is 0.630. The van der Waals surface area contributed by atoms with E-state index in [0.29, 0.717) is 6.07 Å². The molecule has 1 aliphatic rings. The Morgan fingerprint density at radius 3 is 2.42 bits per heavy atom. The summed E-state index contributed by atoms with van der Waals surface area (Å²) < 4.78 is 62.8. The third-order valence-corrected chi connectivity index (χ3v) is 7.99. The highest BCUT2D eigenvalue weighted by atomic mass is 32.2. The van der Waals surface area contributed by atoms with E-state index in [1.807, 2.05) is 6.92 Å². The maximum Gasteiger partial charge on any atom is 0.259 e. The minimum atomic E-state index is -4.09. The second-order valence-corrected chi connectivity index (χ2v) is 11.2. The molecule has 3 aromatic rings. The number of nitrogens with zero attached hydrogens (tertiary/aromatic N) is 2. The van der Waals surface area contributed by atoms with Gasteiger partial charge in [0.05, 0.1) is 22.2 Å². The van der Waals surface area contributed by atoms with Gasteiger partial charge < -0.3 is 14.7 Å². The van der Waals surface area contributed by atoms with Crippen LogP contribution in [0.3, 0.4) is 0 Å². The van der Waals surface area contributed by atoms with Crippen LogP contribution >= 0.6 is 0 Å². The molecule has 0 spiro atoms. The van der Waals surface area contributed by atoms with Crippen LogP contribution in [0.1, 0.15) is 55.2 Å². The molecule has 2 N–H and O–H groups in total. The van der Waals surface area contributed by atoms with Crippen molar-refractivity contribution in [1.29, 1.82) is 0 Å². The Morgan fingerprint density at radius 1 is 1.13 bits per heavy atom. The number of nitrogens with one attached hydrogen (secondary N) is 1. The van der Waals surface area contributed by atoms with Crippen molar-refractivity contribution in [3.05, 3.63) is 83.1 Å². The van der Waals surface area contributed by atoms with Crippen LogP contribution in [0.5, 0.6) is 5.88 Å². The summed E-state index contributed by atoms with van der Waals surface area (Å²) in [7, 11) is -4.09. The van der Waals surface area contributed by atoms with Crippen LogP contribution in [-0.4, -0.2) is 42.7 Å². The number of ether oxygens (including phenoxy) is 1. The number of anilines is 1. The van der Waals surface area contributed by atoms with E-state index in [9.17, 15) is 27.1 Å². The van der Waals surface area contributed by atoms with Gasteiger partial charge in [-0.2, -0.15) is 0 Å². The summed E-state index contributed by atoms with van der Waals surface area (Å²) in [5.74, 6) is -2.30. The number of hydrogen-bond acceptors (Lipinski definition) is 6. The molecule has 2 heterocycles. The van der Waals surface area contributed by atoms with Crippen LogP contribution in [-0.2, 0) is 16.4 Å². The number of benzene rings is 2. The maximum atomic E-state index is 14.5. The van der Waals surface area contributed by atoms with Crippen LogP contribution in [0, 0.1) is 11.6 Å². The largest absolute Gasteiger partial charge is 0.469 e. The second-order valence-electron chi connectivity index (χ2n) is 9.51. The van der Waals surface area contributed by atoms with Crippen molar-refractivity contribution in [3.63, 3.8) is 0 Å². The van der Waals surface area contributed by atoms with Crippen molar-refractivity contribution >= 4 is 21.6 Å². The summed E-state index contributed by atoms with van der Waals surface area (Å²) in [6, 6.07) is 9.42. The summed E-state index contributed by atoms with van der Waals surface area (Å²) in [6.45, 7) is 6.83. The molecule has 0 unspecified atom stereocenters. The monoisotopic (exact) mass is 545 g/mol. The van der Waals surface area contributed by atoms with E-state index in [0.717, 1.165) is 29.0 Å². The van der Waals surface area contributed by atoms with E-state index in [-0.39, 0.29) is 34.1 Å². The average Bonchev–Trinajstić information content (AvgIpc) is 2.88. The number of pyridine rings is 1. The molecule has 0 aliphatic carbocycles. The van der Waals surface area contributed by atoms with Crippen molar-refractivity contribution in [3.8, 4) is 5.88 Å². The Kier molecular flexibility index (Phi) is 7.55. The van der Waals surface area contributed by atoms with Gasteiger partial charge in [0.1, 0.15) is 23.3 Å². The molecule has 1 aromatic heterocycles. The molecular formula is C27H29F2N3O5S. The molecule has 4 rings (SSSR count).